The van der Waals surface area contributed by atoms with Crippen molar-refractivity contribution in [2.45, 2.75) is 45.1 Å². The van der Waals surface area contributed by atoms with E-state index in [1.165, 1.54) is 32.1 Å². The maximum Gasteiger partial charge on any atom is 0.335 e. The van der Waals surface area contributed by atoms with E-state index >= 15 is 0 Å². The molecule has 0 saturated heterocycles. The smallest absolute Gasteiger partial charge is 0.335 e. The van der Waals surface area contributed by atoms with Crippen LogP contribution in [0.5, 0.6) is 0 Å². The van der Waals surface area contributed by atoms with Gasteiger partial charge in [0, 0.05) is 19.5 Å². The van der Waals surface area contributed by atoms with Crippen LogP contribution in [0.25, 0.3) is 0 Å². The highest BCUT2D eigenvalue weighted by molar-refractivity contribution is 5.87. The molecule has 2 atom stereocenters. The van der Waals surface area contributed by atoms with Gasteiger partial charge in [-0.05, 0) is 36.0 Å². The van der Waals surface area contributed by atoms with Crippen LogP contribution in [0.3, 0.4) is 0 Å². The monoisotopic (exact) mass is 315 g/mol. The molecular weight excluding hydrogens is 290 g/mol. The van der Waals surface area contributed by atoms with Crippen molar-refractivity contribution in [2.24, 2.45) is 17.8 Å². The molecule has 2 saturated carbocycles. The fourth-order valence-electron chi connectivity index (χ4n) is 3.97. The number of amides is 1. The van der Waals surface area contributed by atoms with Crippen LogP contribution in [-0.2, 0) is 11.3 Å². The van der Waals surface area contributed by atoms with Crippen LogP contribution in [0.15, 0.2) is 24.3 Å². The zero-order valence-corrected chi connectivity index (χ0v) is 13.7. The molecule has 2 aliphatic rings. The van der Waals surface area contributed by atoms with Crippen LogP contribution in [0.4, 0.5) is 0 Å². The van der Waals surface area contributed by atoms with Crippen LogP contribution in [0, 0.1) is 17.8 Å². The van der Waals surface area contributed by atoms with Gasteiger partial charge in [-0.3, -0.25) is 4.79 Å². The standard InChI is InChI=1S/C19H25NO3/c1-20(12-13-7-9-15(10-8-13)19(22)23)18(21)17-11-16(17)14-5-3-2-4-6-14/h7-10,14,16-17H,2-6,11-12H2,1H3,(H,22,23). The van der Waals surface area contributed by atoms with Crippen molar-refractivity contribution in [3.63, 3.8) is 0 Å². The Morgan fingerprint density at radius 1 is 1.13 bits per heavy atom. The van der Waals surface area contributed by atoms with E-state index in [4.69, 9.17) is 5.11 Å². The van der Waals surface area contributed by atoms with Crippen molar-refractivity contribution in [1.82, 2.24) is 4.90 Å². The van der Waals surface area contributed by atoms with Crippen molar-refractivity contribution in [2.75, 3.05) is 7.05 Å². The van der Waals surface area contributed by atoms with Crippen molar-refractivity contribution in [1.29, 1.82) is 0 Å². The fourth-order valence-corrected chi connectivity index (χ4v) is 3.97. The lowest BCUT2D eigenvalue weighted by Gasteiger charge is -2.23. The minimum atomic E-state index is -0.922. The van der Waals surface area contributed by atoms with Crippen LogP contribution < -0.4 is 0 Å². The zero-order valence-electron chi connectivity index (χ0n) is 13.7. The minimum Gasteiger partial charge on any atom is -0.478 e. The summed E-state index contributed by atoms with van der Waals surface area (Å²) in [5.41, 5.74) is 1.25. The van der Waals surface area contributed by atoms with E-state index in [0.29, 0.717) is 12.5 Å². The van der Waals surface area contributed by atoms with Crippen LogP contribution in [-0.4, -0.2) is 28.9 Å². The van der Waals surface area contributed by atoms with Gasteiger partial charge in [0.15, 0.2) is 0 Å². The number of carboxylic acids is 1. The molecule has 1 aromatic carbocycles. The first kappa shape index (κ1) is 16.0. The van der Waals surface area contributed by atoms with E-state index in [0.717, 1.165) is 17.9 Å². The summed E-state index contributed by atoms with van der Waals surface area (Å²) in [6.45, 7) is 0.548. The highest BCUT2D eigenvalue weighted by Crippen LogP contribution is 2.50. The highest BCUT2D eigenvalue weighted by atomic mass is 16.4. The number of benzene rings is 1. The highest BCUT2D eigenvalue weighted by Gasteiger charge is 2.48. The fraction of sp³-hybridized carbons (Fsp3) is 0.579. The van der Waals surface area contributed by atoms with Gasteiger partial charge in [-0.2, -0.15) is 0 Å². The maximum atomic E-state index is 12.6. The van der Waals surface area contributed by atoms with E-state index in [2.05, 4.69) is 0 Å². The van der Waals surface area contributed by atoms with Gasteiger partial charge in [0.25, 0.3) is 0 Å². The predicted octanol–water partition coefficient (Wildman–Crippen LogP) is 3.56. The lowest BCUT2D eigenvalue weighted by molar-refractivity contribution is -0.132. The summed E-state index contributed by atoms with van der Waals surface area (Å²) in [6, 6.07) is 6.77. The first-order valence-corrected chi connectivity index (χ1v) is 8.63. The minimum absolute atomic E-state index is 0.224. The molecule has 2 fully saturated rings. The Labute approximate surface area is 137 Å². The number of hydrogen-bond donors (Lipinski definition) is 1. The largest absolute Gasteiger partial charge is 0.478 e. The Kier molecular flexibility index (Phi) is 4.69. The molecule has 3 rings (SSSR count). The summed E-state index contributed by atoms with van der Waals surface area (Å²) in [4.78, 5) is 25.2. The second kappa shape index (κ2) is 6.73. The molecule has 0 aromatic heterocycles. The van der Waals surface area contributed by atoms with Crippen molar-refractivity contribution < 1.29 is 14.7 Å². The van der Waals surface area contributed by atoms with E-state index in [1.54, 1.807) is 29.2 Å². The average molecular weight is 315 g/mol. The quantitative estimate of drug-likeness (QED) is 0.904. The molecule has 23 heavy (non-hydrogen) atoms. The topological polar surface area (TPSA) is 57.6 Å². The number of hydrogen-bond acceptors (Lipinski definition) is 2. The van der Waals surface area contributed by atoms with Gasteiger partial charge in [-0.15, -0.1) is 0 Å². The second-order valence-corrected chi connectivity index (χ2v) is 7.10. The second-order valence-electron chi connectivity index (χ2n) is 7.10. The third-order valence-corrected chi connectivity index (χ3v) is 5.41. The number of carboxylic acid groups (broad SMARTS) is 1. The molecule has 1 N–H and O–H groups in total. The first-order chi connectivity index (χ1) is 11.1. The van der Waals surface area contributed by atoms with Gasteiger partial charge in [-0.25, -0.2) is 4.79 Å². The first-order valence-electron chi connectivity index (χ1n) is 8.63. The molecule has 4 nitrogen and oxygen atoms in total. The van der Waals surface area contributed by atoms with E-state index in [9.17, 15) is 9.59 Å². The van der Waals surface area contributed by atoms with Gasteiger partial charge in [0.05, 0.1) is 5.56 Å². The number of carbonyl (C=O) groups is 2. The lowest BCUT2D eigenvalue weighted by Crippen LogP contribution is -2.29. The number of rotatable bonds is 5. The molecule has 1 amide bonds. The van der Waals surface area contributed by atoms with Gasteiger partial charge >= 0.3 is 5.97 Å². The van der Waals surface area contributed by atoms with E-state index < -0.39 is 5.97 Å². The zero-order chi connectivity index (χ0) is 16.4. The van der Waals surface area contributed by atoms with Crippen LogP contribution in [0.1, 0.15) is 54.4 Å². The summed E-state index contributed by atoms with van der Waals surface area (Å²) < 4.78 is 0. The molecular formula is C19H25NO3. The van der Waals surface area contributed by atoms with Crippen molar-refractivity contribution >= 4 is 11.9 Å². The molecule has 1 aromatic rings. The molecule has 4 heteroatoms. The molecule has 0 heterocycles. The Bertz CT molecular complexity index is 575. The summed E-state index contributed by atoms with van der Waals surface area (Å²) in [6.07, 6.45) is 7.67. The predicted molar refractivity (Wildman–Crippen MR) is 88.0 cm³/mol. The molecule has 2 unspecified atom stereocenters. The molecule has 2 aliphatic carbocycles. The maximum absolute atomic E-state index is 12.6. The number of aromatic carboxylic acids is 1. The van der Waals surface area contributed by atoms with Crippen molar-refractivity contribution in [3.05, 3.63) is 35.4 Å². The van der Waals surface area contributed by atoms with Gasteiger partial charge in [0.1, 0.15) is 0 Å². The van der Waals surface area contributed by atoms with Gasteiger partial charge in [0.2, 0.25) is 5.91 Å². The van der Waals surface area contributed by atoms with Gasteiger partial charge < -0.3 is 10.0 Å². The SMILES string of the molecule is CN(Cc1ccc(C(=O)O)cc1)C(=O)C1CC1C1CCCCC1. The van der Waals surface area contributed by atoms with Crippen LogP contribution >= 0.6 is 0 Å². The van der Waals surface area contributed by atoms with Gasteiger partial charge in [-0.1, -0.05) is 44.2 Å². The Morgan fingerprint density at radius 3 is 2.39 bits per heavy atom. The van der Waals surface area contributed by atoms with Crippen LogP contribution in [0.2, 0.25) is 0 Å². The Morgan fingerprint density at radius 2 is 1.78 bits per heavy atom. The molecule has 0 radical (unpaired) electrons. The molecule has 124 valence electrons. The molecule has 0 aliphatic heterocycles. The third kappa shape index (κ3) is 3.74. The normalized spacial score (nSPS) is 24.2. The molecule has 0 spiro atoms. The summed E-state index contributed by atoms with van der Waals surface area (Å²) in [5.74, 6) is 0.930. The molecule has 0 bridgehead atoms. The average Bonchev–Trinajstić information content (AvgIpc) is 3.36. The van der Waals surface area contributed by atoms with E-state index in [-0.39, 0.29) is 17.4 Å². The number of carbonyl (C=O) groups excluding carboxylic acids is 1. The lowest BCUT2D eigenvalue weighted by atomic mass is 9.85. The summed E-state index contributed by atoms with van der Waals surface area (Å²) in [7, 11) is 1.85. The van der Waals surface area contributed by atoms with E-state index in [1.807, 2.05) is 7.05 Å². The summed E-state index contributed by atoms with van der Waals surface area (Å²) in [5, 5.41) is 8.92. The third-order valence-electron chi connectivity index (χ3n) is 5.41. The summed E-state index contributed by atoms with van der Waals surface area (Å²) >= 11 is 0. The Hall–Kier alpha value is -1.84. The van der Waals surface area contributed by atoms with Crippen molar-refractivity contribution in [3.8, 4) is 0 Å². The Balaban J connectivity index is 1.53. The number of nitrogens with zero attached hydrogens (tertiary/aromatic N) is 1.